The van der Waals surface area contributed by atoms with Gasteiger partial charge in [-0.25, -0.2) is 0 Å². The maximum Gasteiger partial charge on any atom is 0.241 e. The topological polar surface area (TPSA) is 17.1 Å². The molecule has 0 heterocycles. The van der Waals surface area contributed by atoms with E-state index < -0.39 is 7.14 Å². The van der Waals surface area contributed by atoms with Crippen LogP contribution in [0.25, 0.3) is 22.9 Å². The van der Waals surface area contributed by atoms with Crippen molar-refractivity contribution in [3.63, 3.8) is 0 Å². The summed E-state index contributed by atoms with van der Waals surface area (Å²) in [6, 6.07) is 62.6. The second-order valence-corrected chi connectivity index (χ2v) is 14.1. The van der Waals surface area contributed by atoms with Crippen molar-refractivity contribution in [1.29, 1.82) is 0 Å². The minimum atomic E-state index is -3.07. The van der Waals surface area contributed by atoms with Crippen LogP contribution in [0.2, 0.25) is 0 Å². The molecule has 0 aliphatic heterocycles. The molecule has 214 valence electrons. The lowest BCUT2D eigenvalue weighted by molar-refractivity contribution is 0.592. The number of hydrogen-bond acceptors (Lipinski definition) is 1. The summed E-state index contributed by atoms with van der Waals surface area (Å²) in [5.74, 6) is 0. The Morgan fingerprint density at radius 1 is 0.378 bits per heavy atom. The van der Waals surface area contributed by atoms with Gasteiger partial charge in [0.15, 0.2) is 7.14 Å². The van der Waals surface area contributed by atoms with Crippen LogP contribution in [0.4, 0.5) is 0 Å². The predicted molar refractivity (Wildman–Crippen MR) is 196 cm³/mol. The van der Waals surface area contributed by atoms with Crippen LogP contribution in [0.3, 0.4) is 0 Å². The quantitative estimate of drug-likeness (QED) is 0.104. The summed E-state index contributed by atoms with van der Waals surface area (Å²) in [6.45, 7) is 0.181. The van der Waals surface area contributed by atoms with E-state index in [2.05, 4.69) is 133 Å². The number of rotatable bonds is 8. The minimum absolute atomic E-state index is 0.181. The molecule has 0 aliphatic rings. The first-order chi connectivity index (χ1) is 22.2. The van der Waals surface area contributed by atoms with E-state index in [-0.39, 0.29) is 6.71 Å². The van der Waals surface area contributed by atoms with Gasteiger partial charge in [0, 0.05) is 15.9 Å². The van der Waals surface area contributed by atoms with E-state index in [4.69, 9.17) is 0 Å². The van der Waals surface area contributed by atoms with Crippen LogP contribution in [0.1, 0.15) is 11.1 Å². The van der Waals surface area contributed by atoms with Crippen LogP contribution in [0.5, 0.6) is 0 Å². The molecule has 0 bridgehead atoms. The van der Waals surface area contributed by atoms with Crippen LogP contribution >= 0.6 is 7.14 Å². The van der Waals surface area contributed by atoms with Crippen molar-refractivity contribution in [1.82, 2.24) is 0 Å². The summed E-state index contributed by atoms with van der Waals surface area (Å²) in [5.41, 5.74) is 6.02. The Morgan fingerprint density at radius 3 is 1.38 bits per heavy atom. The highest BCUT2D eigenvalue weighted by molar-refractivity contribution is 7.85. The average molecular weight is 595 g/mol. The lowest BCUT2D eigenvalue weighted by atomic mass is 9.37. The fourth-order valence-electron chi connectivity index (χ4n) is 6.11. The lowest BCUT2D eigenvalue weighted by Crippen LogP contribution is -2.51. The molecule has 0 saturated carbocycles. The Kier molecular flexibility index (Phi) is 8.15. The first-order valence-electron chi connectivity index (χ1n) is 15.3. The smallest absolute Gasteiger partial charge is 0.241 e. The van der Waals surface area contributed by atoms with Crippen molar-refractivity contribution in [2.75, 3.05) is 0 Å². The molecule has 0 aromatic heterocycles. The van der Waals surface area contributed by atoms with E-state index in [1.165, 1.54) is 16.4 Å². The summed E-state index contributed by atoms with van der Waals surface area (Å²) >= 11 is 0. The maximum absolute atomic E-state index is 15.0. The first kappa shape index (κ1) is 28.6. The number of hydrogen-bond donors (Lipinski definition) is 0. The molecular weight excluding hydrogens is 562 g/mol. The molecule has 0 fully saturated rings. The van der Waals surface area contributed by atoms with Crippen molar-refractivity contribution in [3.05, 3.63) is 193 Å². The molecule has 0 N–H and O–H groups in total. The van der Waals surface area contributed by atoms with Crippen molar-refractivity contribution in [3.8, 4) is 0 Å². The fraction of sp³-hybridized carbons (Fsp3) is 0. The average Bonchev–Trinajstić information content (AvgIpc) is 3.12. The SMILES string of the molecule is O=P(c1ccccc1)(c1ccc(/C=C/c2ccc(B(c3ccccc3)c3ccccc3)cc2)cc1)c1ccc2ccccc2c1. The van der Waals surface area contributed by atoms with Gasteiger partial charge in [0.1, 0.15) is 0 Å². The van der Waals surface area contributed by atoms with Gasteiger partial charge in [-0.15, -0.1) is 0 Å². The van der Waals surface area contributed by atoms with Crippen LogP contribution in [0.15, 0.2) is 182 Å². The summed E-state index contributed by atoms with van der Waals surface area (Å²) in [7, 11) is -3.07. The third-order valence-corrected chi connectivity index (χ3v) is 11.5. The highest BCUT2D eigenvalue weighted by Crippen LogP contribution is 2.43. The highest BCUT2D eigenvalue weighted by Gasteiger charge is 2.29. The monoisotopic (exact) mass is 594 g/mol. The molecular formula is C42H32BOP. The Balaban J connectivity index is 1.16. The van der Waals surface area contributed by atoms with E-state index in [9.17, 15) is 0 Å². The van der Waals surface area contributed by atoms with Gasteiger partial charge in [0.05, 0.1) is 0 Å². The molecule has 1 atom stereocenters. The Labute approximate surface area is 266 Å². The van der Waals surface area contributed by atoms with Crippen LogP contribution in [0, 0.1) is 0 Å². The molecule has 3 heteroatoms. The van der Waals surface area contributed by atoms with Crippen LogP contribution in [-0.4, -0.2) is 6.71 Å². The van der Waals surface area contributed by atoms with Crippen LogP contribution in [-0.2, 0) is 4.57 Å². The highest BCUT2D eigenvalue weighted by atomic mass is 31.2. The Morgan fingerprint density at radius 2 is 0.800 bits per heavy atom. The van der Waals surface area contributed by atoms with E-state index in [1.807, 2.05) is 60.7 Å². The zero-order valence-electron chi connectivity index (χ0n) is 24.9. The van der Waals surface area contributed by atoms with E-state index in [0.29, 0.717) is 0 Å². The third-order valence-electron chi connectivity index (χ3n) is 8.48. The van der Waals surface area contributed by atoms with Gasteiger partial charge in [-0.2, -0.15) is 0 Å². The molecule has 7 aromatic carbocycles. The zero-order chi connectivity index (χ0) is 30.5. The molecule has 7 rings (SSSR count). The molecule has 0 amide bonds. The Bertz CT molecular complexity index is 2070. The normalized spacial score (nSPS) is 12.6. The van der Waals surface area contributed by atoms with Gasteiger partial charge in [-0.3, -0.25) is 0 Å². The summed E-state index contributed by atoms with van der Waals surface area (Å²) < 4.78 is 15.0. The molecule has 7 aromatic rings. The summed E-state index contributed by atoms with van der Waals surface area (Å²) in [6.07, 6.45) is 4.26. The molecule has 1 nitrogen and oxygen atoms in total. The second kappa shape index (κ2) is 12.8. The predicted octanol–water partition coefficient (Wildman–Crippen LogP) is 7.17. The maximum atomic E-state index is 15.0. The molecule has 0 spiro atoms. The van der Waals surface area contributed by atoms with Crippen molar-refractivity contribution >= 4 is 69.1 Å². The molecule has 45 heavy (non-hydrogen) atoms. The van der Waals surface area contributed by atoms with E-state index in [1.54, 1.807) is 0 Å². The van der Waals surface area contributed by atoms with Crippen LogP contribution < -0.4 is 32.3 Å². The summed E-state index contributed by atoms with van der Waals surface area (Å²) in [4.78, 5) is 0. The molecule has 0 saturated heterocycles. The van der Waals surface area contributed by atoms with Crippen molar-refractivity contribution in [2.24, 2.45) is 0 Å². The number of benzene rings is 7. The van der Waals surface area contributed by atoms with Gasteiger partial charge < -0.3 is 4.57 Å². The third kappa shape index (κ3) is 5.98. The standard InChI is InChI=1S/C42H32BOP/c44-45(40-18-8-3-9-19-40,42-31-26-35-12-10-11-13-36(35)32-42)41-29-24-34(25-30-41)21-20-33-22-27-39(28-23-33)43(37-14-4-1-5-15-37)38-16-6-2-7-17-38/h1-32H/b21-20+. The molecule has 0 aliphatic carbocycles. The summed E-state index contributed by atoms with van der Waals surface area (Å²) in [5, 5.41) is 4.76. The first-order valence-corrected chi connectivity index (χ1v) is 17.0. The molecule has 1 unspecified atom stereocenters. The van der Waals surface area contributed by atoms with Crippen molar-refractivity contribution < 1.29 is 4.57 Å². The van der Waals surface area contributed by atoms with Gasteiger partial charge in [0.2, 0.25) is 6.71 Å². The van der Waals surface area contributed by atoms with E-state index in [0.717, 1.165) is 37.8 Å². The van der Waals surface area contributed by atoms with Gasteiger partial charge in [-0.05, 0) is 28.0 Å². The Hall–Kier alpha value is -5.17. The zero-order valence-corrected chi connectivity index (χ0v) is 25.8. The molecule has 0 radical (unpaired) electrons. The van der Waals surface area contributed by atoms with Gasteiger partial charge >= 0.3 is 0 Å². The van der Waals surface area contributed by atoms with Gasteiger partial charge in [0.25, 0.3) is 0 Å². The largest absolute Gasteiger partial charge is 0.309 e. The lowest BCUT2D eigenvalue weighted by Gasteiger charge is -2.20. The van der Waals surface area contributed by atoms with E-state index >= 15 is 4.57 Å². The fourth-order valence-corrected chi connectivity index (χ4v) is 8.77. The van der Waals surface area contributed by atoms with Crippen molar-refractivity contribution in [2.45, 2.75) is 0 Å². The minimum Gasteiger partial charge on any atom is -0.309 e. The second-order valence-electron chi connectivity index (χ2n) is 11.3. The van der Waals surface area contributed by atoms with Gasteiger partial charge in [-0.1, -0.05) is 204 Å². The number of fused-ring (bicyclic) bond motifs is 1.